The molecule has 0 aromatic heterocycles. The highest BCUT2D eigenvalue weighted by atomic mass is 35.5. The average molecular weight is 281 g/mol. The van der Waals surface area contributed by atoms with Crippen LogP contribution in [0.25, 0.3) is 0 Å². The molecule has 0 bridgehead atoms. The van der Waals surface area contributed by atoms with Gasteiger partial charge in [-0.05, 0) is 24.6 Å². The molecule has 0 spiro atoms. The molecule has 5 heteroatoms. The lowest BCUT2D eigenvalue weighted by Gasteiger charge is -2.34. The summed E-state index contributed by atoms with van der Waals surface area (Å²) in [5.74, 6) is 0.0502. The van der Waals surface area contributed by atoms with Gasteiger partial charge in [0.15, 0.2) is 0 Å². The minimum absolute atomic E-state index is 0.0109. The maximum atomic E-state index is 12.4. The van der Waals surface area contributed by atoms with E-state index >= 15 is 0 Å². The lowest BCUT2D eigenvalue weighted by molar-refractivity contribution is -0.130. The molecular weight excluding hydrogens is 264 g/mol. The Kier molecular flexibility index (Phi) is 4.10. The van der Waals surface area contributed by atoms with Crippen LogP contribution in [0.2, 0.25) is 5.02 Å². The molecule has 0 aliphatic carbocycles. The molecule has 19 heavy (non-hydrogen) atoms. The van der Waals surface area contributed by atoms with Crippen molar-refractivity contribution in [2.24, 2.45) is 0 Å². The largest absolute Gasteiger partial charge is 0.339 e. The van der Waals surface area contributed by atoms with Crippen LogP contribution in [0.15, 0.2) is 18.2 Å². The van der Waals surface area contributed by atoms with E-state index in [-0.39, 0.29) is 11.8 Å². The number of carbonyl (C=O) groups is 2. The van der Waals surface area contributed by atoms with Crippen LogP contribution in [-0.4, -0.2) is 47.8 Å². The summed E-state index contributed by atoms with van der Waals surface area (Å²) >= 11 is 6.04. The van der Waals surface area contributed by atoms with Gasteiger partial charge in [-0.25, -0.2) is 0 Å². The number of benzene rings is 1. The number of carbonyl (C=O) groups excluding carboxylic acids is 2. The fourth-order valence-electron chi connectivity index (χ4n) is 2.23. The summed E-state index contributed by atoms with van der Waals surface area (Å²) in [6.07, 6.45) is 0. The van der Waals surface area contributed by atoms with Crippen LogP contribution in [0.5, 0.6) is 0 Å². The van der Waals surface area contributed by atoms with E-state index in [0.717, 1.165) is 5.56 Å². The van der Waals surface area contributed by atoms with Gasteiger partial charge in [-0.15, -0.1) is 0 Å². The van der Waals surface area contributed by atoms with Gasteiger partial charge in [0.05, 0.1) is 0 Å². The molecule has 1 fully saturated rings. The number of amides is 2. The maximum Gasteiger partial charge on any atom is 0.254 e. The third-order valence-corrected chi connectivity index (χ3v) is 3.92. The smallest absolute Gasteiger partial charge is 0.254 e. The van der Waals surface area contributed by atoms with Crippen molar-refractivity contribution in [3.8, 4) is 0 Å². The zero-order valence-corrected chi connectivity index (χ0v) is 11.9. The van der Waals surface area contributed by atoms with Crippen molar-refractivity contribution in [1.29, 1.82) is 0 Å². The lowest BCUT2D eigenvalue weighted by atomic mass is 10.1. The summed E-state index contributed by atoms with van der Waals surface area (Å²) in [6.45, 7) is 5.75. The molecule has 1 aliphatic rings. The van der Waals surface area contributed by atoms with E-state index in [1.165, 1.54) is 0 Å². The molecule has 2 rings (SSSR count). The molecule has 1 heterocycles. The van der Waals surface area contributed by atoms with E-state index in [4.69, 9.17) is 11.6 Å². The van der Waals surface area contributed by atoms with Gasteiger partial charge in [0, 0.05) is 43.7 Å². The fourth-order valence-corrected chi connectivity index (χ4v) is 2.41. The molecule has 0 saturated carbocycles. The van der Waals surface area contributed by atoms with Crippen molar-refractivity contribution in [2.45, 2.75) is 13.8 Å². The van der Waals surface area contributed by atoms with Crippen LogP contribution < -0.4 is 0 Å². The summed E-state index contributed by atoms with van der Waals surface area (Å²) < 4.78 is 0. The first-order valence-corrected chi connectivity index (χ1v) is 6.68. The molecule has 0 radical (unpaired) electrons. The maximum absolute atomic E-state index is 12.4. The predicted octanol–water partition coefficient (Wildman–Crippen LogP) is 1.95. The van der Waals surface area contributed by atoms with Gasteiger partial charge in [0.1, 0.15) is 0 Å². The molecule has 2 amide bonds. The Morgan fingerprint density at radius 2 is 1.68 bits per heavy atom. The minimum Gasteiger partial charge on any atom is -0.339 e. The highest BCUT2D eigenvalue weighted by Crippen LogP contribution is 2.20. The lowest BCUT2D eigenvalue weighted by Crippen LogP contribution is -2.50. The van der Waals surface area contributed by atoms with Gasteiger partial charge in [0.2, 0.25) is 5.91 Å². The Morgan fingerprint density at radius 3 is 2.26 bits per heavy atom. The normalized spacial score (nSPS) is 15.5. The molecule has 102 valence electrons. The first kappa shape index (κ1) is 13.9. The monoisotopic (exact) mass is 280 g/mol. The van der Waals surface area contributed by atoms with Gasteiger partial charge in [0.25, 0.3) is 5.91 Å². The van der Waals surface area contributed by atoms with E-state index in [1.54, 1.807) is 34.9 Å². The SMILES string of the molecule is CC(=O)N1CCN(C(=O)c2cccc(Cl)c2C)CC1. The van der Waals surface area contributed by atoms with Crippen molar-refractivity contribution in [3.05, 3.63) is 34.3 Å². The molecular formula is C14H17ClN2O2. The van der Waals surface area contributed by atoms with Gasteiger partial charge < -0.3 is 9.80 Å². The van der Waals surface area contributed by atoms with Crippen molar-refractivity contribution < 1.29 is 9.59 Å². The Morgan fingerprint density at radius 1 is 1.11 bits per heavy atom. The second-order valence-corrected chi connectivity index (χ2v) is 5.12. The Labute approximate surface area is 117 Å². The zero-order chi connectivity index (χ0) is 14.0. The molecule has 1 aromatic carbocycles. The van der Waals surface area contributed by atoms with Crippen LogP contribution in [-0.2, 0) is 4.79 Å². The van der Waals surface area contributed by atoms with E-state index in [2.05, 4.69) is 0 Å². The highest BCUT2D eigenvalue weighted by Gasteiger charge is 2.24. The molecule has 4 nitrogen and oxygen atoms in total. The van der Waals surface area contributed by atoms with Crippen LogP contribution in [0.1, 0.15) is 22.8 Å². The summed E-state index contributed by atoms with van der Waals surface area (Å²) in [5.41, 5.74) is 1.45. The number of nitrogens with zero attached hydrogens (tertiary/aromatic N) is 2. The number of rotatable bonds is 1. The van der Waals surface area contributed by atoms with Crippen LogP contribution in [0.4, 0.5) is 0 Å². The van der Waals surface area contributed by atoms with E-state index in [9.17, 15) is 9.59 Å². The third kappa shape index (κ3) is 2.89. The Hall–Kier alpha value is -1.55. The summed E-state index contributed by atoms with van der Waals surface area (Å²) in [7, 11) is 0. The van der Waals surface area contributed by atoms with E-state index in [0.29, 0.717) is 36.8 Å². The number of piperazine rings is 1. The second-order valence-electron chi connectivity index (χ2n) is 4.71. The van der Waals surface area contributed by atoms with Gasteiger partial charge in [-0.3, -0.25) is 9.59 Å². The Bertz CT molecular complexity index is 508. The summed E-state index contributed by atoms with van der Waals surface area (Å²) in [6, 6.07) is 5.36. The van der Waals surface area contributed by atoms with Crippen molar-refractivity contribution >= 4 is 23.4 Å². The molecule has 1 aromatic rings. The van der Waals surface area contributed by atoms with Crippen LogP contribution >= 0.6 is 11.6 Å². The zero-order valence-electron chi connectivity index (χ0n) is 11.1. The average Bonchev–Trinajstić information content (AvgIpc) is 2.41. The summed E-state index contributed by atoms with van der Waals surface area (Å²) in [5, 5.41) is 0.605. The second kappa shape index (κ2) is 5.61. The first-order chi connectivity index (χ1) is 9.00. The van der Waals surface area contributed by atoms with Crippen LogP contribution in [0.3, 0.4) is 0 Å². The van der Waals surface area contributed by atoms with E-state index in [1.807, 2.05) is 6.92 Å². The van der Waals surface area contributed by atoms with Crippen molar-refractivity contribution in [2.75, 3.05) is 26.2 Å². The standard InChI is InChI=1S/C14H17ClN2O2/c1-10-12(4-3-5-13(10)15)14(19)17-8-6-16(7-9-17)11(2)18/h3-5H,6-9H2,1-2H3. The Balaban J connectivity index is 2.09. The molecule has 1 aliphatic heterocycles. The van der Waals surface area contributed by atoms with E-state index < -0.39 is 0 Å². The van der Waals surface area contributed by atoms with Crippen LogP contribution in [0, 0.1) is 6.92 Å². The molecule has 0 unspecified atom stereocenters. The van der Waals surface area contributed by atoms with Gasteiger partial charge >= 0.3 is 0 Å². The van der Waals surface area contributed by atoms with Gasteiger partial charge in [-0.2, -0.15) is 0 Å². The topological polar surface area (TPSA) is 40.6 Å². The third-order valence-electron chi connectivity index (χ3n) is 3.51. The minimum atomic E-state index is -0.0109. The van der Waals surface area contributed by atoms with Gasteiger partial charge in [-0.1, -0.05) is 17.7 Å². The van der Waals surface area contributed by atoms with Crippen molar-refractivity contribution in [1.82, 2.24) is 9.80 Å². The molecule has 0 N–H and O–H groups in total. The molecule has 0 atom stereocenters. The summed E-state index contributed by atoms with van der Waals surface area (Å²) in [4.78, 5) is 27.2. The number of halogens is 1. The molecule has 1 saturated heterocycles. The fraction of sp³-hybridized carbons (Fsp3) is 0.429. The number of hydrogen-bond donors (Lipinski definition) is 0. The van der Waals surface area contributed by atoms with Crippen molar-refractivity contribution in [3.63, 3.8) is 0 Å². The highest BCUT2D eigenvalue weighted by molar-refractivity contribution is 6.31. The quantitative estimate of drug-likeness (QED) is 0.789. The number of hydrogen-bond acceptors (Lipinski definition) is 2. The first-order valence-electron chi connectivity index (χ1n) is 6.30. The predicted molar refractivity (Wildman–Crippen MR) is 74.3 cm³/mol.